The second kappa shape index (κ2) is 12.5. The van der Waals surface area contributed by atoms with E-state index in [2.05, 4.69) is 62.2 Å². The molecule has 26 heavy (non-hydrogen) atoms. The molecule has 0 radical (unpaired) electrons. The third-order valence-corrected chi connectivity index (χ3v) is 5.31. The normalized spacial score (nSPS) is 10.9. The van der Waals surface area contributed by atoms with Crippen LogP contribution in [-0.2, 0) is 0 Å². The number of ether oxygens (including phenoxy) is 1. The zero-order valence-corrected chi connectivity index (χ0v) is 18.5. The minimum Gasteiger partial charge on any atom is -0.494 e. The quantitative estimate of drug-likeness (QED) is 0.321. The van der Waals surface area contributed by atoms with Gasteiger partial charge in [0, 0.05) is 8.95 Å². The van der Waals surface area contributed by atoms with Crippen molar-refractivity contribution in [3.05, 3.63) is 51.4 Å². The predicted octanol–water partition coefficient (Wildman–Crippen LogP) is 7.34. The van der Waals surface area contributed by atoms with Crippen molar-refractivity contribution in [1.82, 2.24) is 0 Å². The Hall–Kier alpha value is -0.840. The van der Waals surface area contributed by atoms with Gasteiger partial charge < -0.3 is 10.5 Å². The zero-order chi connectivity index (χ0) is 18.6. The summed E-state index contributed by atoms with van der Waals surface area (Å²) in [5.74, 6) is 0.945. The number of halogens is 2. The zero-order valence-electron chi connectivity index (χ0n) is 15.4. The summed E-state index contributed by atoms with van der Waals surface area (Å²) in [5.41, 5.74) is 7.85. The molecule has 0 fully saturated rings. The van der Waals surface area contributed by atoms with E-state index in [9.17, 15) is 0 Å². The van der Waals surface area contributed by atoms with Gasteiger partial charge in [0.2, 0.25) is 0 Å². The maximum Gasteiger partial charge on any atom is 0.119 e. The number of hydrogen-bond donors (Lipinski definition) is 1. The van der Waals surface area contributed by atoms with Crippen LogP contribution in [0.1, 0.15) is 51.4 Å². The molecule has 0 atom stereocenters. The van der Waals surface area contributed by atoms with Crippen molar-refractivity contribution < 1.29 is 4.74 Å². The summed E-state index contributed by atoms with van der Waals surface area (Å²) in [6.45, 7) is 1.62. The monoisotopic (exact) mass is 481 g/mol. The van der Waals surface area contributed by atoms with E-state index in [1.807, 2.05) is 12.1 Å². The lowest BCUT2D eigenvalue weighted by molar-refractivity contribution is 0.304. The van der Waals surface area contributed by atoms with Crippen LogP contribution < -0.4 is 10.5 Å². The third-order valence-electron chi connectivity index (χ3n) is 4.40. The number of nitrogens with two attached hydrogens (primary N) is 1. The molecule has 2 rings (SSSR count). The largest absolute Gasteiger partial charge is 0.494 e. The summed E-state index contributed by atoms with van der Waals surface area (Å²) in [6.07, 6.45) is 10.1. The van der Waals surface area contributed by atoms with Crippen molar-refractivity contribution in [2.45, 2.75) is 51.4 Å². The summed E-state index contributed by atoms with van der Waals surface area (Å²) < 4.78 is 8.08. The number of hydrogen-bond acceptors (Lipinski definition) is 2. The van der Waals surface area contributed by atoms with Crippen LogP contribution in [0.25, 0.3) is 11.1 Å². The molecule has 0 aliphatic heterocycles. The second-order valence-electron chi connectivity index (χ2n) is 6.65. The minimum atomic E-state index is 0.790. The Morgan fingerprint density at radius 3 is 1.96 bits per heavy atom. The molecule has 0 unspecified atom stereocenters. The van der Waals surface area contributed by atoms with Crippen molar-refractivity contribution in [3.8, 4) is 16.9 Å². The average Bonchev–Trinajstić information content (AvgIpc) is 2.63. The van der Waals surface area contributed by atoms with Gasteiger partial charge in [0.15, 0.2) is 0 Å². The Kier molecular flexibility index (Phi) is 10.3. The van der Waals surface area contributed by atoms with Crippen molar-refractivity contribution in [3.63, 3.8) is 0 Å². The Bertz CT molecular complexity index is 640. The second-order valence-corrected chi connectivity index (χ2v) is 8.48. The highest BCUT2D eigenvalue weighted by Crippen LogP contribution is 2.29. The maximum atomic E-state index is 5.95. The highest BCUT2D eigenvalue weighted by Gasteiger charge is 2.03. The Labute approximate surface area is 174 Å². The van der Waals surface area contributed by atoms with Crippen molar-refractivity contribution in [2.24, 2.45) is 5.73 Å². The lowest BCUT2D eigenvalue weighted by Gasteiger charge is -2.09. The molecular formula is C22H29Br2NO. The van der Waals surface area contributed by atoms with Gasteiger partial charge in [-0.1, -0.05) is 82.5 Å². The summed E-state index contributed by atoms with van der Waals surface area (Å²) in [6, 6.07) is 14.6. The SMILES string of the molecule is NCCCCCCCCCCOc1cccc(-c2cc(Br)cc(Br)c2)c1. The fraction of sp³-hybridized carbons (Fsp3) is 0.455. The van der Waals surface area contributed by atoms with Crippen LogP contribution >= 0.6 is 31.9 Å². The molecule has 0 bridgehead atoms. The van der Waals surface area contributed by atoms with Crippen LogP contribution in [0.5, 0.6) is 5.75 Å². The number of rotatable bonds is 12. The van der Waals surface area contributed by atoms with Gasteiger partial charge in [0.05, 0.1) is 6.61 Å². The van der Waals surface area contributed by atoms with E-state index in [0.29, 0.717) is 0 Å². The molecule has 4 heteroatoms. The van der Waals surface area contributed by atoms with E-state index in [1.54, 1.807) is 0 Å². The molecule has 2 aromatic rings. The Morgan fingerprint density at radius 1 is 0.692 bits per heavy atom. The van der Waals surface area contributed by atoms with E-state index in [1.165, 1.54) is 56.1 Å². The Balaban J connectivity index is 1.69. The van der Waals surface area contributed by atoms with Crippen LogP contribution in [-0.4, -0.2) is 13.2 Å². The molecule has 0 saturated carbocycles. The van der Waals surface area contributed by atoms with Crippen LogP contribution in [0.3, 0.4) is 0 Å². The van der Waals surface area contributed by atoms with Crippen LogP contribution in [0, 0.1) is 0 Å². The average molecular weight is 483 g/mol. The predicted molar refractivity (Wildman–Crippen MR) is 119 cm³/mol. The molecule has 2 nitrogen and oxygen atoms in total. The molecule has 0 saturated heterocycles. The van der Waals surface area contributed by atoms with Crippen molar-refractivity contribution in [2.75, 3.05) is 13.2 Å². The smallest absolute Gasteiger partial charge is 0.119 e. The summed E-state index contributed by atoms with van der Waals surface area (Å²) in [4.78, 5) is 0. The van der Waals surface area contributed by atoms with E-state index in [4.69, 9.17) is 10.5 Å². The van der Waals surface area contributed by atoms with Crippen LogP contribution in [0.2, 0.25) is 0 Å². The van der Waals surface area contributed by atoms with Gasteiger partial charge in [-0.05, 0) is 60.8 Å². The van der Waals surface area contributed by atoms with E-state index < -0.39 is 0 Å². The molecule has 0 aliphatic rings. The first-order valence-corrected chi connectivity index (χ1v) is 11.2. The van der Waals surface area contributed by atoms with Gasteiger partial charge in [0.25, 0.3) is 0 Å². The number of benzene rings is 2. The first-order chi connectivity index (χ1) is 12.7. The highest BCUT2D eigenvalue weighted by molar-refractivity contribution is 9.11. The molecule has 142 valence electrons. The number of unbranched alkanes of at least 4 members (excludes halogenated alkanes) is 7. The van der Waals surface area contributed by atoms with E-state index in [-0.39, 0.29) is 0 Å². The molecule has 0 spiro atoms. The summed E-state index contributed by atoms with van der Waals surface area (Å²) in [5, 5.41) is 0. The fourth-order valence-electron chi connectivity index (χ4n) is 2.98. The van der Waals surface area contributed by atoms with Crippen molar-refractivity contribution in [1.29, 1.82) is 0 Å². The molecule has 0 amide bonds. The summed E-state index contributed by atoms with van der Waals surface area (Å²) >= 11 is 7.10. The third kappa shape index (κ3) is 8.24. The topological polar surface area (TPSA) is 35.2 Å². The molecule has 2 aromatic carbocycles. The summed E-state index contributed by atoms with van der Waals surface area (Å²) in [7, 11) is 0. The van der Waals surface area contributed by atoms with Crippen LogP contribution in [0.15, 0.2) is 51.4 Å². The van der Waals surface area contributed by atoms with Gasteiger partial charge in [-0.15, -0.1) is 0 Å². The lowest BCUT2D eigenvalue weighted by Crippen LogP contribution is -1.98. The van der Waals surface area contributed by atoms with Gasteiger partial charge in [-0.25, -0.2) is 0 Å². The van der Waals surface area contributed by atoms with E-state index >= 15 is 0 Å². The fourth-order valence-corrected chi connectivity index (χ4v) is 4.28. The van der Waals surface area contributed by atoms with Gasteiger partial charge in [-0.3, -0.25) is 0 Å². The molecule has 0 aromatic heterocycles. The first kappa shape index (κ1) is 21.5. The first-order valence-electron chi connectivity index (χ1n) is 9.58. The Morgan fingerprint density at radius 2 is 1.31 bits per heavy atom. The molecular weight excluding hydrogens is 454 g/mol. The molecule has 0 heterocycles. The molecule has 0 aliphatic carbocycles. The van der Waals surface area contributed by atoms with Crippen LogP contribution in [0.4, 0.5) is 0 Å². The standard InChI is InChI=1S/C22H29Br2NO/c23-20-14-19(15-21(24)17-20)18-10-9-11-22(16-18)26-13-8-6-4-2-1-3-5-7-12-25/h9-11,14-17H,1-8,12-13,25H2. The van der Waals surface area contributed by atoms with Gasteiger partial charge in [-0.2, -0.15) is 0 Å². The highest BCUT2D eigenvalue weighted by atomic mass is 79.9. The molecule has 2 N–H and O–H groups in total. The van der Waals surface area contributed by atoms with E-state index in [0.717, 1.165) is 34.3 Å². The van der Waals surface area contributed by atoms with Gasteiger partial charge in [0.1, 0.15) is 5.75 Å². The maximum absolute atomic E-state index is 5.95. The van der Waals surface area contributed by atoms with Gasteiger partial charge >= 0.3 is 0 Å². The van der Waals surface area contributed by atoms with Crippen molar-refractivity contribution >= 4 is 31.9 Å². The lowest BCUT2D eigenvalue weighted by atomic mass is 10.1. The minimum absolute atomic E-state index is 0.790.